The van der Waals surface area contributed by atoms with E-state index in [1.807, 2.05) is 24.3 Å². The first-order valence-corrected chi connectivity index (χ1v) is 4.11. The lowest BCUT2D eigenvalue weighted by molar-refractivity contribution is -0.108. The van der Waals surface area contributed by atoms with Crippen LogP contribution in [0.4, 0.5) is 0 Å². The third-order valence-electron chi connectivity index (χ3n) is 2.24. The lowest BCUT2D eigenvalue weighted by atomic mass is 9.89. The van der Waals surface area contributed by atoms with Crippen molar-refractivity contribution in [3.63, 3.8) is 0 Å². The molecule has 0 spiro atoms. The Morgan fingerprint density at radius 1 is 1.33 bits per heavy atom. The third kappa shape index (κ3) is 1.07. The van der Waals surface area contributed by atoms with Crippen molar-refractivity contribution in [3.8, 4) is 0 Å². The molecule has 0 amide bonds. The predicted octanol–water partition coefficient (Wildman–Crippen LogP) is 2.08. The maximum atomic E-state index is 10.7. The lowest BCUT2D eigenvalue weighted by Crippen LogP contribution is -2.05. The molecule has 1 aromatic carbocycles. The van der Waals surface area contributed by atoms with Gasteiger partial charge in [-0.1, -0.05) is 36.4 Å². The highest BCUT2D eigenvalue weighted by Crippen LogP contribution is 2.24. The van der Waals surface area contributed by atoms with Gasteiger partial charge in [-0.25, -0.2) is 0 Å². The second-order valence-corrected chi connectivity index (χ2v) is 2.99. The SMILES string of the molecule is O=CC1C=CCc2ccccc21. The van der Waals surface area contributed by atoms with E-state index in [2.05, 4.69) is 12.1 Å². The molecule has 1 aliphatic rings. The van der Waals surface area contributed by atoms with E-state index >= 15 is 0 Å². The Kier molecular flexibility index (Phi) is 1.78. The minimum Gasteiger partial charge on any atom is -0.302 e. The summed E-state index contributed by atoms with van der Waals surface area (Å²) in [6.45, 7) is 0. The molecule has 0 N–H and O–H groups in total. The molecule has 0 aliphatic heterocycles. The van der Waals surface area contributed by atoms with E-state index in [1.54, 1.807) is 0 Å². The summed E-state index contributed by atoms with van der Waals surface area (Å²) in [5.74, 6) is -0.0186. The van der Waals surface area contributed by atoms with Gasteiger partial charge in [0.15, 0.2) is 0 Å². The molecule has 1 atom stereocenters. The van der Waals surface area contributed by atoms with Crippen LogP contribution in [0.25, 0.3) is 0 Å². The van der Waals surface area contributed by atoms with Crippen molar-refractivity contribution in [1.29, 1.82) is 0 Å². The quantitative estimate of drug-likeness (QED) is 0.451. The molecule has 0 radical (unpaired) electrons. The van der Waals surface area contributed by atoms with Crippen LogP contribution in [0.5, 0.6) is 0 Å². The van der Waals surface area contributed by atoms with Gasteiger partial charge in [0.1, 0.15) is 6.29 Å². The second-order valence-electron chi connectivity index (χ2n) is 2.99. The number of carbonyl (C=O) groups is 1. The van der Waals surface area contributed by atoms with E-state index < -0.39 is 0 Å². The van der Waals surface area contributed by atoms with Gasteiger partial charge in [0.25, 0.3) is 0 Å². The van der Waals surface area contributed by atoms with E-state index in [9.17, 15) is 4.79 Å². The van der Waals surface area contributed by atoms with Crippen molar-refractivity contribution in [2.75, 3.05) is 0 Å². The zero-order valence-corrected chi connectivity index (χ0v) is 6.73. The molecule has 1 aromatic rings. The van der Waals surface area contributed by atoms with E-state index in [-0.39, 0.29) is 5.92 Å². The smallest absolute Gasteiger partial charge is 0.131 e. The molecule has 0 bridgehead atoms. The van der Waals surface area contributed by atoms with Crippen molar-refractivity contribution in [2.24, 2.45) is 0 Å². The molecule has 1 unspecified atom stereocenters. The zero-order valence-electron chi connectivity index (χ0n) is 6.73. The van der Waals surface area contributed by atoms with Crippen molar-refractivity contribution in [2.45, 2.75) is 12.3 Å². The molecule has 60 valence electrons. The Morgan fingerprint density at radius 2 is 2.17 bits per heavy atom. The number of allylic oxidation sites excluding steroid dienone is 2. The summed E-state index contributed by atoms with van der Waals surface area (Å²) in [7, 11) is 0. The second kappa shape index (κ2) is 2.94. The first kappa shape index (κ1) is 7.29. The molecule has 1 nitrogen and oxygen atoms in total. The molecule has 0 saturated heterocycles. The molecule has 0 saturated carbocycles. The first-order valence-electron chi connectivity index (χ1n) is 4.11. The van der Waals surface area contributed by atoms with Crippen LogP contribution >= 0.6 is 0 Å². The third-order valence-corrected chi connectivity index (χ3v) is 2.24. The highest BCUT2D eigenvalue weighted by molar-refractivity contribution is 5.67. The summed E-state index contributed by atoms with van der Waals surface area (Å²) in [5.41, 5.74) is 2.44. The summed E-state index contributed by atoms with van der Waals surface area (Å²) in [5, 5.41) is 0. The summed E-state index contributed by atoms with van der Waals surface area (Å²) in [6, 6.07) is 8.10. The number of hydrogen-bond acceptors (Lipinski definition) is 1. The number of hydrogen-bond donors (Lipinski definition) is 0. The van der Waals surface area contributed by atoms with Crippen LogP contribution in [-0.2, 0) is 11.2 Å². The first-order chi connectivity index (χ1) is 5.92. The Balaban J connectivity index is 2.49. The van der Waals surface area contributed by atoms with Gasteiger partial charge in [-0.05, 0) is 17.5 Å². The number of rotatable bonds is 1. The van der Waals surface area contributed by atoms with Gasteiger partial charge in [-0.15, -0.1) is 0 Å². The van der Waals surface area contributed by atoms with Crippen LogP contribution in [0.3, 0.4) is 0 Å². The van der Waals surface area contributed by atoms with Crippen molar-refractivity contribution >= 4 is 6.29 Å². The number of aldehydes is 1. The van der Waals surface area contributed by atoms with Gasteiger partial charge in [-0.2, -0.15) is 0 Å². The Morgan fingerprint density at radius 3 is 3.00 bits per heavy atom. The van der Waals surface area contributed by atoms with Gasteiger partial charge in [0.2, 0.25) is 0 Å². The Labute approximate surface area is 71.7 Å². The van der Waals surface area contributed by atoms with Crippen LogP contribution in [0.2, 0.25) is 0 Å². The average Bonchev–Trinajstić information content (AvgIpc) is 2.17. The van der Waals surface area contributed by atoms with Crippen LogP contribution in [0, 0.1) is 0 Å². The summed E-state index contributed by atoms with van der Waals surface area (Å²) in [6.07, 6.45) is 5.98. The van der Waals surface area contributed by atoms with Crippen LogP contribution in [0.1, 0.15) is 17.0 Å². The molecule has 0 heterocycles. The molecular weight excluding hydrogens is 148 g/mol. The van der Waals surface area contributed by atoms with Gasteiger partial charge in [-0.3, -0.25) is 0 Å². The van der Waals surface area contributed by atoms with Crippen LogP contribution in [-0.4, -0.2) is 6.29 Å². The molecular formula is C11H10O. The fourth-order valence-electron chi connectivity index (χ4n) is 1.61. The van der Waals surface area contributed by atoms with Gasteiger partial charge >= 0.3 is 0 Å². The minimum absolute atomic E-state index is 0.0186. The summed E-state index contributed by atoms with van der Waals surface area (Å²) >= 11 is 0. The minimum atomic E-state index is -0.0186. The normalized spacial score (nSPS) is 20.2. The van der Waals surface area contributed by atoms with Crippen molar-refractivity contribution in [3.05, 3.63) is 47.5 Å². The Hall–Kier alpha value is -1.37. The number of carbonyl (C=O) groups excluding carboxylic acids is 1. The number of benzene rings is 1. The topological polar surface area (TPSA) is 17.1 Å². The zero-order chi connectivity index (χ0) is 8.39. The Bertz CT molecular complexity index is 326. The van der Waals surface area contributed by atoms with Gasteiger partial charge < -0.3 is 4.79 Å². The monoisotopic (exact) mass is 158 g/mol. The summed E-state index contributed by atoms with van der Waals surface area (Å²) < 4.78 is 0. The highest BCUT2D eigenvalue weighted by Gasteiger charge is 2.13. The fraction of sp³-hybridized carbons (Fsp3) is 0.182. The van der Waals surface area contributed by atoms with Crippen LogP contribution < -0.4 is 0 Å². The van der Waals surface area contributed by atoms with E-state index in [0.29, 0.717) is 0 Å². The fourth-order valence-corrected chi connectivity index (χ4v) is 1.61. The van der Waals surface area contributed by atoms with E-state index in [4.69, 9.17) is 0 Å². The van der Waals surface area contributed by atoms with Crippen LogP contribution in [0.15, 0.2) is 36.4 Å². The summed E-state index contributed by atoms with van der Waals surface area (Å²) in [4.78, 5) is 10.7. The van der Waals surface area contributed by atoms with E-state index in [0.717, 1.165) is 18.3 Å². The van der Waals surface area contributed by atoms with E-state index in [1.165, 1.54) is 5.56 Å². The standard InChI is InChI=1S/C11H10O/c12-8-10-6-3-5-9-4-1-2-7-11(9)10/h1-4,6-8,10H,5H2. The molecule has 12 heavy (non-hydrogen) atoms. The van der Waals surface area contributed by atoms with Gasteiger partial charge in [0, 0.05) is 0 Å². The molecule has 0 aromatic heterocycles. The maximum absolute atomic E-state index is 10.7. The molecule has 1 aliphatic carbocycles. The lowest BCUT2D eigenvalue weighted by Gasteiger charge is -2.15. The van der Waals surface area contributed by atoms with Crippen molar-refractivity contribution < 1.29 is 4.79 Å². The average molecular weight is 158 g/mol. The maximum Gasteiger partial charge on any atom is 0.131 e. The largest absolute Gasteiger partial charge is 0.302 e. The highest BCUT2D eigenvalue weighted by atomic mass is 16.1. The molecule has 1 heteroatoms. The number of fused-ring (bicyclic) bond motifs is 1. The molecule has 2 rings (SSSR count). The van der Waals surface area contributed by atoms with Crippen molar-refractivity contribution in [1.82, 2.24) is 0 Å². The predicted molar refractivity (Wildman–Crippen MR) is 48.1 cm³/mol. The van der Waals surface area contributed by atoms with Gasteiger partial charge in [0.05, 0.1) is 5.92 Å². The molecule has 0 fully saturated rings.